The molecule has 0 saturated carbocycles. The summed E-state index contributed by atoms with van der Waals surface area (Å²) >= 11 is 1.71. The lowest BCUT2D eigenvalue weighted by Gasteiger charge is -2.25. The first-order chi connectivity index (χ1) is 16.1. The molecule has 0 spiro atoms. The second-order valence-electron chi connectivity index (χ2n) is 8.18. The van der Waals surface area contributed by atoms with Gasteiger partial charge in [-0.25, -0.2) is 0 Å². The molecule has 3 aromatic carbocycles. The van der Waals surface area contributed by atoms with Crippen molar-refractivity contribution >= 4 is 24.5 Å². The van der Waals surface area contributed by atoms with E-state index in [-0.39, 0.29) is 0 Å². The molecular weight excluding hydrogens is 430 g/mol. The van der Waals surface area contributed by atoms with Gasteiger partial charge in [-0.1, -0.05) is 61.2 Å². The topological polar surface area (TPSA) is 55.4 Å². The highest BCUT2D eigenvalue weighted by Crippen LogP contribution is 2.32. The highest BCUT2D eigenvalue weighted by atomic mass is 32.2. The molecule has 0 fully saturated rings. The Bertz CT molecular complexity index is 1050. The van der Waals surface area contributed by atoms with E-state index in [0.717, 1.165) is 35.3 Å². The maximum atomic E-state index is 11.5. The monoisotopic (exact) mass is 461 g/mol. The Balaban J connectivity index is 1.57. The normalized spacial score (nSPS) is 12.5. The summed E-state index contributed by atoms with van der Waals surface area (Å²) < 4.78 is 5.96. The molecule has 33 heavy (non-hydrogen) atoms. The third kappa shape index (κ3) is 7.22. The molecule has 1 amide bonds. The third-order valence-electron chi connectivity index (χ3n) is 5.88. The van der Waals surface area contributed by atoms with Crippen LogP contribution in [0.4, 0.5) is 0 Å². The fourth-order valence-electron chi connectivity index (χ4n) is 3.76. The molecule has 0 heterocycles. The van der Waals surface area contributed by atoms with E-state index < -0.39 is 5.54 Å². The fourth-order valence-corrected chi connectivity index (χ4v) is 4.72. The van der Waals surface area contributed by atoms with Crippen LogP contribution in [0, 0.1) is 6.92 Å². The number of amides is 1. The first-order valence-corrected chi connectivity index (χ1v) is 12.1. The van der Waals surface area contributed by atoms with Crippen molar-refractivity contribution in [2.45, 2.75) is 61.5 Å². The first kappa shape index (κ1) is 24.6. The number of ether oxygens (including phenoxy) is 1. The number of rotatable bonds is 13. The van der Waals surface area contributed by atoms with Gasteiger partial charge in [-0.3, -0.25) is 4.79 Å². The molecule has 0 saturated heterocycles. The van der Waals surface area contributed by atoms with Crippen LogP contribution in [0.5, 0.6) is 5.75 Å². The summed E-state index contributed by atoms with van der Waals surface area (Å²) in [5.41, 5.74) is 2.89. The van der Waals surface area contributed by atoms with Crippen LogP contribution in [0.2, 0.25) is 0 Å². The molecule has 5 heteroatoms. The van der Waals surface area contributed by atoms with Gasteiger partial charge < -0.3 is 14.8 Å². The van der Waals surface area contributed by atoms with Gasteiger partial charge in [0, 0.05) is 9.79 Å². The summed E-state index contributed by atoms with van der Waals surface area (Å²) in [5.74, 6) is 0.857. The largest absolute Gasteiger partial charge is 0.489 e. The van der Waals surface area contributed by atoms with Crippen molar-refractivity contribution in [2.24, 2.45) is 0 Å². The maximum absolute atomic E-state index is 11.5. The number of hydrogen-bond acceptors (Lipinski definition) is 4. The molecule has 172 valence electrons. The van der Waals surface area contributed by atoms with Crippen LogP contribution >= 0.6 is 11.8 Å². The number of hydrogen-bond donors (Lipinski definition) is 1. The van der Waals surface area contributed by atoms with Crippen LogP contribution in [0.1, 0.15) is 42.9 Å². The van der Waals surface area contributed by atoms with Gasteiger partial charge in [0.25, 0.3) is 0 Å². The molecule has 1 atom stereocenters. The number of carbonyl (C=O) groups is 2. The fraction of sp³-hybridized carbons (Fsp3) is 0.286. The molecule has 0 aliphatic rings. The van der Waals surface area contributed by atoms with Crippen LogP contribution < -0.4 is 10.1 Å². The SMILES string of the molecule is CCC(C=O)(CCCc1ccc(Sc2cccc(OCc3ccccc3)c2)cc1C)NC=O. The smallest absolute Gasteiger partial charge is 0.207 e. The molecule has 0 bridgehead atoms. The van der Waals surface area contributed by atoms with Crippen LogP contribution in [-0.4, -0.2) is 18.2 Å². The van der Waals surface area contributed by atoms with Gasteiger partial charge >= 0.3 is 0 Å². The van der Waals surface area contributed by atoms with Gasteiger partial charge in [-0.15, -0.1) is 0 Å². The Hall–Kier alpha value is -3.05. The molecule has 1 N–H and O–H groups in total. The van der Waals surface area contributed by atoms with Crippen molar-refractivity contribution in [3.05, 3.63) is 89.5 Å². The molecule has 0 aromatic heterocycles. The number of carbonyl (C=O) groups excluding carboxylic acids is 2. The molecule has 0 radical (unpaired) electrons. The minimum Gasteiger partial charge on any atom is -0.489 e. The maximum Gasteiger partial charge on any atom is 0.207 e. The molecular formula is C28H31NO3S. The zero-order valence-electron chi connectivity index (χ0n) is 19.3. The van der Waals surface area contributed by atoms with Crippen LogP contribution in [0.3, 0.4) is 0 Å². The number of benzene rings is 3. The Morgan fingerprint density at radius 3 is 2.45 bits per heavy atom. The molecule has 4 nitrogen and oxygen atoms in total. The molecule has 1 unspecified atom stereocenters. The Morgan fingerprint density at radius 2 is 1.76 bits per heavy atom. The van der Waals surface area contributed by atoms with E-state index in [1.165, 1.54) is 16.0 Å². The molecule has 3 aromatic rings. The second-order valence-corrected chi connectivity index (χ2v) is 9.33. The summed E-state index contributed by atoms with van der Waals surface area (Å²) in [6, 6.07) is 24.8. The summed E-state index contributed by atoms with van der Waals surface area (Å²) in [4.78, 5) is 24.6. The van der Waals surface area contributed by atoms with E-state index in [1.54, 1.807) is 11.8 Å². The summed E-state index contributed by atoms with van der Waals surface area (Å²) in [5, 5.41) is 2.69. The zero-order chi connectivity index (χ0) is 23.5. The number of aryl methyl sites for hydroxylation is 2. The van der Waals surface area contributed by atoms with Gasteiger partial charge in [-0.05, 0) is 79.6 Å². The average Bonchev–Trinajstić information content (AvgIpc) is 2.84. The zero-order valence-corrected chi connectivity index (χ0v) is 20.1. The van der Waals surface area contributed by atoms with Gasteiger partial charge in [0.15, 0.2) is 0 Å². The minimum absolute atomic E-state index is 0.550. The van der Waals surface area contributed by atoms with Crippen molar-refractivity contribution in [2.75, 3.05) is 0 Å². The molecule has 0 aliphatic heterocycles. The third-order valence-corrected chi connectivity index (χ3v) is 6.85. The van der Waals surface area contributed by atoms with Crippen LogP contribution in [0.25, 0.3) is 0 Å². The van der Waals surface area contributed by atoms with Crippen LogP contribution in [0.15, 0.2) is 82.6 Å². The van der Waals surface area contributed by atoms with Gasteiger partial charge in [0.1, 0.15) is 18.6 Å². The highest BCUT2D eigenvalue weighted by molar-refractivity contribution is 7.99. The van der Waals surface area contributed by atoms with E-state index in [1.807, 2.05) is 37.3 Å². The lowest BCUT2D eigenvalue weighted by Crippen LogP contribution is -2.45. The minimum atomic E-state index is -0.751. The summed E-state index contributed by atoms with van der Waals surface area (Å²) in [6.07, 6.45) is 4.43. The van der Waals surface area contributed by atoms with Crippen molar-refractivity contribution in [1.82, 2.24) is 5.32 Å². The Kier molecular flexibility index (Phi) is 9.14. The predicted molar refractivity (Wildman–Crippen MR) is 134 cm³/mol. The average molecular weight is 462 g/mol. The quantitative estimate of drug-likeness (QED) is 0.311. The van der Waals surface area contributed by atoms with Crippen molar-refractivity contribution in [3.63, 3.8) is 0 Å². The van der Waals surface area contributed by atoms with Gasteiger partial charge in [0.2, 0.25) is 6.41 Å². The van der Waals surface area contributed by atoms with E-state index in [9.17, 15) is 9.59 Å². The van der Waals surface area contributed by atoms with E-state index in [4.69, 9.17) is 4.74 Å². The van der Waals surface area contributed by atoms with E-state index in [0.29, 0.717) is 25.9 Å². The lowest BCUT2D eigenvalue weighted by molar-refractivity contribution is -0.119. The van der Waals surface area contributed by atoms with Crippen LogP contribution in [-0.2, 0) is 22.6 Å². The van der Waals surface area contributed by atoms with Crippen molar-refractivity contribution in [3.8, 4) is 5.75 Å². The molecule has 0 aliphatic carbocycles. The Morgan fingerprint density at radius 1 is 0.970 bits per heavy atom. The predicted octanol–water partition coefficient (Wildman–Crippen LogP) is 6.14. The summed E-state index contributed by atoms with van der Waals surface area (Å²) in [7, 11) is 0. The highest BCUT2D eigenvalue weighted by Gasteiger charge is 2.26. The van der Waals surface area contributed by atoms with E-state index >= 15 is 0 Å². The van der Waals surface area contributed by atoms with E-state index in [2.05, 4.69) is 54.7 Å². The Labute approximate surface area is 200 Å². The summed E-state index contributed by atoms with van der Waals surface area (Å²) in [6.45, 7) is 4.59. The van der Waals surface area contributed by atoms with Gasteiger partial charge in [-0.2, -0.15) is 0 Å². The number of nitrogens with one attached hydrogen (secondary N) is 1. The standard InChI is InChI=1S/C28H31NO3S/c1-3-28(20-30,29-21-31)16-8-11-24-14-15-27(17-22(24)2)33-26-13-7-12-25(18-26)32-19-23-9-5-4-6-10-23/h4-7,9-10,12-15,17-18,20-21H,3,8,11,16,19H2,1-2H3,(H,29,31). The second kappa shape index (κ2) is 12.3. The van der Waals surface area contributed by atoms with Crippen molar-refractivity contribution in [1.29, 1.82) is 0 Å². The van der Waals surface area contributed by atoms with Crippen molar-refractivity contribution < 1.29 is 14.3 Å². The lowest BCUT2D eigenvalue weighted by atomic mass is 9.90. The number of aldehydes is 1. The molecule has 3 rings (SSSR count). The van der Waals surface area contributed by atoms with Gasteiger partial charge in [0.05, 0.1) is 5.54 Å². The first-order valence-electron chi connectivity index (χ1n) is 11.3.